The van der Waals surface area contributed by atoms with Gasteiger partial charge in [-0.25, -0.2) is 4.79 Å². The SMILES string of the molecule is COCCN1C(=O)N(C)C(=O)C12CCN(C1Cc3ccccc3C1)CC2. The molecule has 0 bridgehead atoms. The molecule has 1 aromatic carbocycles. The molecule has 26 heavy (non-hydrogen) atoms. The molecule has 2 heterocycles. The lowest BCUT2D eigenvalue weighted by Crippen LogP contribution is -2.58. The molecule has 140 valence electrons. The van der Waals surface area contributed by atoms with Crippen molar-refractivity contribution >= 4 is 11.9 Å². The summed E-state index contributed by atoms with van der Waals surface area (Å²) >= 11 is 0. The number of likely N-dealkylation sites (tertiary alicyclic amines) is 1. The first-order valence-corrected chi connectivity index (χ1v) is 9.46. The molecule has 0 N–H and O–H groups in total. The van der Waals surface area contributed by atoms with E-state index in [1.165, 1.54) is 16.0 Å². The molecule has 2 aliphatic heterocycles. The van der Waals surface area contributed by atoms with Crippen molar-refractivity contribution in [3.63, 3.8) is 0 Å². The second kappa shape index (κ2) is 6.67. The van der Waals surface area contributed by atoms with E-state index in [9.17, 15) is 9.59 Å². The van der Waals surface area contributed by atoms with Crippen LogP contribution < -0.4 is 0 Å². The highest BCUT2D eigenvalue weighted by atomic mass is 16.5. The van der Waals surface area contributed by atoms with Gasteiger partial charge in [0.1, 0.15) is 5.54 Å². The minimum atomic E-state index is -0.674. The van der Waals surface area contributed by atoms with Gasteiger partial charge in [-0.15, -0.1) is 0 Å². The zero-order valence-electron chi connectivity index (χ0n) is 15.6. The van der Waals surface area contributed by atoms with E-state index in [0.29, 0.717) is 32.0 Å². The number of rotatable bonds is 4. The normalized spacial score (nSPS) is 23.3. The average Bonchev–Trinajstić information content (AvgIpc) is 3.17. The quantitative estimate of drug-likeness (QED) is 0.767. The van der Waals surface area contributed by atoms with Crippen molar-refractivity contribution in [1.82, 2.24) is 14.7 Å². The van der Waals surface area contributed by atoms with E-state index in [2.05, 4.69) is 29.2 Å². The smallest absolute Gasteiger partial charge is 0.327 e. The molecular formula is C20H27N3O3. The standard InChI is InChI=1S/C20H27N3O3/c1-21-18(24)20(23(19(21)25)11-12-26-2)7-9-22(10-8-20)17-13-15-5-3-4-6-16(15)14-17/h3-6,17H,7-14H2,1-2H3. The number of fused-ring (bicyclic) bond motifs is 1. The highest BCUT2D eigenvalue weighted by Crippen LogP contribution is 2.38. The van der Waals surface area contributed by atoms with Gasteiger partial charge >= 0.3 is 6.03 Å². The van der Waals surface area contributed by atoms with Gasteiger partial charge in [0.25, 0.3) is 5.91 Å². The van der Waals surface area contributed by atoms with E-state index in [-0.39, 0.29) is 11.9 Å². The van der Waals surface area contributed by atoms with Crippen molar-refractivity contribution in [2.24, 2.45) is 0 Å². The topological polar surface area (TPSA) is 53.1 Å². The summed E-state index contributed by atoms with van der Waals surface area (Å²) < 4.78 is 5.16. The van der Waals surface area contributed by atoms with Crippen molar-refractivity contribution in [1.29, 1.82) is 0 Å². The molecule has 0 aromatic heterocycles. The van der Waals surface area contributed by atoms with Gasteiger partial charge in [-0.05, 0) is 36.8 Å². The van der Waals surface area contributed by atoms with Crippen LogP contribution in [0.2, 0.25) is 0 Å². The summed E-state index contributed by atoms with van der Waals surface area (Å²) in [5.41, 5.74) is 2.23. The number of ether oxygens (including phenoxy) is 1. The van der Waals surface area contributed by atoms with Crippen LogP contribution in [0, 0.1) is 0 Å². The molecule has 2 fully saturated rings. The molecule has 3 amide bonds. The molecule has 0 atom stereocenters. The number of carbonyl (C=O) groups is 2. The second-order valence-corrected chi connectivity index (χ2v) is 7.69. The van der Waals surface area contributed by atoms with Gasteiger partial charge in [0.15, 0.2) is 0 Å². The highest BCUT2D eigenvalue weighted by Gasteiger charge is 2.56. The van der Waals surface area contributed by atoms with Gasteiger partial charge in [-0.3, -0.25) is 14.6 Å². The second-order valence-electron chi connectivity index (χ2n) is 7.69. The summed E-state index contributed by atoms with van der Waals surface area (Å²) in [4.78, 5) is 31.0. The molecule has 0 unspecified atom stereocenters. The number of piperidine rings is 1. The van der Waals surface area contributed by atoms with Crippen molar-refractivity contribution < 1.29 is 14.3 Å². The Bertz CT molecular complexity index is 687. The van der Waals surface area contributed by atoms with Crippen LogP contribution in [0.25, 0.3) is 0 Å². The Hall–Kier alpha value is -1.92. The molecule has 4 rings (SSSR count). The largest absolute Gasteiger partial charge is 0.383 e. The lowest BCUT2D eigenvalue weighted by atomic mass is 9.85. The molecular weight excluding hydrogens is 330 g/mol. The van der Waals surface area contributed by atoms with Crippen LogP contribution >= 0.6 is 0 Å². The third kappa shape index (κ3) is 2.63. The van der Waals surface area contributed by atoms with Crippen LogP contribution in [0.4, 0.5) is 4.79 Å². The summed E-state index contributed by atoms with van der Waals surface area (Å²) in [6.07, 6.45) is 3.59. The number of nitrogens with zero attached hydrogens (tertiary/aromatic N) is 3. The number of methoxy groups -OCH3 is 1. The van der Waals surface area contributed by atoms with Gasteiger partial charge in [0, 0.05) is 39.8 Å². The van der Waals surface area contributed by atoms with E-state index in [1.807, 2.05) is 0 Å². The maximum absolute atomic E-state index is 12.9. The van der Waals surface area contributed by atoms with Crippen molar-refractivity contribution in [2.45, 2.75) is 37.3 Å². The minimum Gasteiger partial charge on any atom is -0.383 e. The first-order chi connectivity index (χ1) is 12.6. The van der Waals surface area contributed by atoms with Gasteiger partial charge in [0.05, 0.1) is 6.61 Å². The Morgan fingerprint density at radius 3 is 2.31 bits per heavy atom. The van der Waals surface area contributed by atoms with E-state index in [0.717, 1.165) is 25.9 Å². The van der Waals surface area contributed by atoms with Crippen LogP contribution in [0.1, 0.15) is 24.0 Å². The van der Waals surface area contributed by atoms with Gasteiger partial charge in [-0.2, -0.15) is 0 Å². The zero-order valence-corrected chi connectivity index (χ0v) is 15.6. The Kier molecular flexibility index (Phi) is 4.49. The average molecular weight is 357 g/mol. The maximum atomic E-state index is 12.9. The Morgan fingerprint density at radius 1 is 1.12 bits per heavy atom. The number of imide groups is 1. The molecule has 0 radical (unpaired) electrons. The number of hydrogen-bond acceptors (Lipinski definition) is 4. The predicted molar refractivity (Wildman–Crippen MR) is 97.9 cm³/mol. The summed E-state index contributed by atoms with van der Waals surface area (Å²) in [5, 5.41) is 0. The van der Waals surface area contributed by atoms with E-state index in [1.54, 1.807) is 19.1 Å². The molecule has 6 heteroatoms. The summed E-state index contributed by atoms with van der Waals surface area (Å²) in [6, 6.07) is 9.00. The van der Waals surface area contributed by atoms with Crippen molar-refractivity contribution in [3.05, 3.63) is 35.4 Å². The van der Waals surface area contributed by atoms with E-state index < -0.39 is 5.54 Å². The van der Waals surface area contributed by atoms with Crippen molar-refractivity contribution in [3.8, 4) is 0 Å². The fourth-order valence-electron chi connectivity index (χ4n) is 4.91. The summed E-state index contributed by atoms with van der Waals surface area (Å²) in [5.74, 6) is -0.0482. The highest BCUT2D eigenvalue weighted by molar-refractivity contribution is 6.06. The summed E-state index contributed by atoms with van der Waals surface area (Å²) in [7, 11) is 3.22. The maximum Gasteiger partial charge on any atom is 0.327 e. The first-order valence-electron chi connectivity index (χ1n) is 9.46. The lowest BCUT2D eigenvalue weighted by Gasteiger charge is -2.44. The van der Waals surface area contributed by atoms with Crippen LogP contribution in [0.15, 0.2) is 24.3 Å². The molecule has 1 spiro atoms. The number of benzene rings is 1. The molecule has 6 nitrogen and oxygen atoms in total. The Morgan fingerprint density at radius 2 is 1.73 bits per heavy atom. The Labute approximate surface area is 154 Å². The van der Waals surface area contributed by atoms with Gasteiger partial charge in [-0.1, -0.05) is 24.3 Å². The molecule has 1 aliphatic carbocycles. The fraction of sp³-hybridized carbons (Fsp3) is 0.600. The fourth-order valence-corrected chi connectivity index (χ4v) is 4.91. The first kappa shape index (κ1) is 17.5. The zero-order chi connectivity index (χ0) is 18.3. The van der Waals surface area contributed by atoms with E-state index >= 15 is 0 Å². The third-order valence-electron chi connectivity index (χ3n) is 6.43. The third-order valence-corrected chi connectivity index (χ3v) is 6.43. The number of likely N-dealkylation sites (N-methyl/N-ethyl adjacent to an activating group) is 1. The van der Waals surface area contributed by atoms with Gasteiger partial charge < -0.3 is 9.64 Å². The number of carbonyl (C=O) groups excluding carboxylic acids is 2. The number of amides is 3. The Balaban J connectivity index is 1.46. The monoisotopic (exact) mass is 357 g/mol. The number of urea groups is 1. The predicted octanol–water partition coefficient (Wildman–Crippen LogP) is 1.53. The molecule has 3 aliphatic rings. The number of hydrogen-bond donors (Lipinski definition) is 0. The van der Waals surface area contributed by atoms with Crippen LogP contribution in [-0.2, 0) is 22.4 Å². The minimum absolute atomic E-state index is 0.0482. The molecule has 1 aromatic rings. The summed E-state index contributed by atoms with van der Waals surface area (Å²) in [6.45, 7) is 2.64. The van der Waals surface area contributed by atoms with Crippen molar-refractivity contribution in [2.75, 3.05) is 40.4 Å². The van der Waals surface area contributed by atoms with Crippen LogP contribution in [0.3, 0.4) is 0 Å². The molecule has 2 saturated heterocycles. The lowest BCUT2D eigenvalue weighted by molar-refractivity contribution is -0.135. The molecule has 0 saturated carbocycles. The van der Waals surface area contributed by atoms with E-state index in [4.69, 9.17) is 4.74 Å². The van der Waals surface area contributed by atoms with Crippen LogP contribution in [0.5, 0.6) is 0 Å². The van der Waals surface area contributed by atoms with Gasteiger partial charge in [0.2, 0.25) is 0 Å². The van der Waals surface area contributed by atoms with Crippen LogP contribution in [-0.4, -0.2) is 78.6 Å².